The topological polar surface area (TPSA) is 45.0 Å². The van der Waals surface area contributed by atoms with Crippen LogP contribution in [0.5, 0.6) is 5.75 Å². The zero-order chi connectivity index (χ0) is 12.7. The van der Waals surface area contributed by atoms with Crippen LogP contribution in [-0.2, 0) is 0 Å². The van der Waals surface area contributed by atoms with Gasteiger partial charge in [0.1, 0.15) is 0 Å². The standard InChI is InChI=1S/C13H17FN2O/c1-3-16-11(9-15)7-8-17-12-6-4-5-10(2)13(12)14/h4-6,11,16H,3,7-8H2,1-2H3. The second-order valence-electron chi connectivity index (χ2n) is 3.76. The van der Waals surface area contributed by atoms with Crippen molar-refractivity contribution in [3.05, 3.63) is 29.6 Å². The molecule has 1 aromatic carbocycles. The van der Waals surface area contributed by atoms with Gasteiger partial charge in [0.2, 0.25) is 0 Å². The van der Waals surface area contributed by atoms with Crippen LogP contribution in [-0.4, -0.2) is 19.2 Å². The highest BCUT2D eigenvalue weighted by molar-refractivity contribution is 5.30. The van der Waals surface area contributed by atoms with Gasteiger partial charge in [0.25, 0.3) is 0 Å². The van der Waals surface area contributed by atoms with Crippen molar-refractivity contribution in [3.8, 4) is 11.8 Å². The number of hydrogen-bond acceptors (Lipinski definition) is 3. The number of aryl methyl sites for hydroxylation is 1. The lowest BCUT2D eigenvalue weighted by Crippen LogP contribution is -2.28. The molecule has 3 nitrogen and oxygen atoms in total. The molecule has 0 saturated carbocycles. The Morgan fingerprint density at radius 1 is 1.53 bits per heavy atom. The maximum Gasteiger partial charge on any atom is 0.167 e. The molecule has 1 atom stereocenters. The summed E-state index contributed by atoms with van der Waals surface area (Å²) in [6, 6.07) is 6.93. The molecule has 1 N–H and O–H groups in total. The van der Waals surface area contributed by atoms with E-state index in [1.54, 1.807) is 25.1 Å². The van der Waals surface area contributed by atoms with E-state index >= 15 is 0 Å². The van der Waals surface area contributed by atoms with Crippen LogP contribution in [0.3, 0.4) is 0 Å². The van der Waals surface area contributed by atoms with E-state index in [1.165, 1.54) is 0 Å². The maximum absolute atomic E-state index is 13.6. The van der Waals surface area contributed by atoms with Gasteiger partial charge in [-0.05, 0) is 25.1 Å². The van der Waals surface area contributed by atoms with Crippen LogP contribution in [0, 0.1) is 24.1 Å². The third kappa shape index (κ3) is 4.04. The van der Waals surface area contributed by atoms with E-state index in [4.69, 9.17) is 10.00 Å². The average Bonchev–Trinajstić information content (AvgIpc) is 2.33. The molecule has 1 aromatic rings. The molecular formula is C13H17FN2O. The fourth-order valence-electron chi connectivity index (χ4n) is 1.48. The Morgan fingerprint density at radius 2 is 2.29 bits per heavy atom. The predicted molar refractivity (Wildman–Crippen MR) is 64.3 cm³/mol. The van der Waals surface area contributed by atoms with Crippen molar-refractivity contribution in [2.75, 3.05) is 13.2 Å². The quantitative estimate of drug-likeness (QED) is 0.825. The van der Waals surface area contributed by atoms with Crippen LogP contribution in [0.2, 0.25) is 0 Å². The normalized spacial score (nSPS) is 11.9. The van der Waals surface area contributed by atoms with Crippen molar-refractivity contribution in [3.63, 3.8) is 0 Å². The fraction of sp³-hybridized carbons (Fsp3) is 0.462. The molecule has 92 valence electrons. The summed E-state index contributed by atoms with van der Waals surface area (Å²) in [6.07, 6.45) is 0.539. The Labute approximate surface area is 101 Å². The first-order valence-corrected chi connectivity index (χ1v) is 5.70. The molecule has 0 spiro atoms. The molecule has 0 aliphatic rings. The number of nitriles is 1. The Balaban J connectivity index is 2.46. The molecule has 0 aliphatic carbocycles. The molecule has 0 bridgehead atoms. The minimum absolute atomic E-state index is 0.243. The Morgan fingerprint density at radius 3 is 2.94 bits per heavy atom. The average molecular weight is 236 g/mol. The van der Waals surface area contributed by atoms with E-state index in [9.17, 15) is 4.39 Å². The van der Waals surface area contributed by atoms with Crippen molar-refractivity contribution in [1.82, 2.24) is 5.32 Å². The Kier molecular flexibility index (Phi) is 5.44. The largest absolute Gasteiger partial charge is 0.490 e. The van der Waals surface area contributed by atoms with Gasteiger partial charge in [0, 0.05) is 6.42 Å². The molecule has 0 radical (unpaired) electrons. The van der Waals surface area contributed by atoms with E-state index in [0.717, 1.165) is 6.54 Å². The van der Waals surface area contributed by atoms with Crippen molar-refractivity contribution < 1.29 is 9.13 Å². The first-order chi connectivity index (χ1) is 8.19. The summed E-state index contributed by atoms with van der Waals surface area (Å²) in [5, 5.41) is 11.8. The van der Waals surface area contributed by atoms with E-state index in [-0.39, 0.29) is 17.6 Å². The zero-order valence-corrected chi connectivity index (χ0v) is 10.2. The van der Waals surface area contributed by atoms with Crippen LogP contribution in [0.15, 0.2) is 18.2 Å². The van der Waals surface area contributed by atoms with Gasteiger partial charge in [-0.3, -0.25) is 0 Å². The van der Waals surface area contributed by atoms with Crippen molar-refractivity contribution in [2.24, 2.45) is 0 Å². The van der Waals surface area contributed by atoms with Crippen molar-refractivity contribution in [1.29, 1.82) is 5.26 Å². The van der Waals surface area contributed by atoms with Gasteiger partial charge in [-0.2, -0.15) is 5.26 Å². The zero-order valence-electron chi connectivity index (χ0n) is 10.2. The molecule has 0 fully saturated rings. The van der Waals surface area contributed by atoms with Gasteiger partial charge in [-0.15, -0.1) is 0 Å². The van der Waals surface area contributed by atoms with E-state index in [1.807, 2.05) is 6.92 Å². The lowest BCUT2D eigenvalue weighted by Gasteiger charge is -2.11. The molecule has 1 unspecified atom stereocenters. The molecule has 1 rings (SSSR count). The summed E-state index contributed by atoms with van der Waals surface area (Å²) in [7, 11) is 0. The number of ether oxygens (including phenoxy) is 1. The smallest absolute Gasteiger partial charge is 0.167 e. The van der Waals surface area contributed by atoms with Crippen molar-refractivity contribution in [2.45, 2.75) is 26.3 Å². The minimum atomic E-state index is -0.329. The fourth-order valence-corrected chi connectivity index (χ4v) is 1.48. The molecule has 17 heavy (non-hydrogen) atoms. The number of nitrogens with one attached hydrogen (secondary N) is 1. The van der Waals surface area contributed by atoms with Crippen molar-refractivity contribution >= 4 is 0 Å². The molecule has 4 heteroatoms. The monoisotopic (exact) mass is 236 g/mol. The highest BCUT2D eigenvalue weighted by Gasteiger charge is 2.08. The number of nitrogens with zero attached hydrogens (tertiary/aromatic N) is 1. The van der Waals surface area contributed by atoms with Gasteiger partial charge < -0.3 is 10.1 Å². The van der Waals surface area contributed by atoms with Gasteiger partial charge >= 0.3 is 0 Å². The second-order valence-corrected chi connectivity index (χ2v) is 3.76. The number of rotatable bonds is 6. The maximum atomic E-state index is 13.6. The first kappa shape index (κ1) is 13.5. The summed E-state index contributed by atoms with van der Waals surface area (Å²) in [6.45, 7) is 4.69. The number of hydrogen-bond donors (Lipinski definition) is 1. The molecule has 0 heterocycles. The third-order valence-corrected chi connectivity index (χ3v) is 2.43. The molecule has 0 amide bonds. The summed E-state index contributed by atoms with van der Waals surface area (Å²) in [4.78, 5) is 0. The SMILES string of the molecule is CCNC(C#N)CCOc1cccc(C)c1F. The van der Waals surface area contributed by atoms with Gasteiger partial charge in [-0.25, -0.2) is 4.39 Å². The highest BCUT2D eigenvalue weighted by atomic mass is 19.1. The molecular weight excluding hydrogens is 219 g/mol. The predicted octanol–water partition coefficient (Wildman–Crippen LogP) is 2.40. The van der Waals surface area contributed by atoms with Gasteiger partial charge in [0.05, 0.1) is 18.7 Å². The summed E-state index contributed by atoms with van der Waals surface area (Å²) < 4.78 is 18.9. The Hall–Kier alpha value is -1.60. The molecule has 0 aromatic heterocycles. The van der Waals surface area contributed by atoms with Gasteiger partial charge in [0.15, 0.2) is 11.6 Å². The van der Waals surface area contributed by atoms with E-state index < -0.39 is 0 Å². The minimum Gasteiger partial charge on any atom is -0.490 e. The lowest BCUT2D eigenvalue weighted by molar-refractivity contribution is 0.284. The van der Waals surface area contributed by atoms with E-state index in [0.29, 0.717) is 18.6 Å². The van der Waals surface area contributed by atoms with Crippen LogP contribution in [0.25, 0.3) is 0 Å². The van der Waals surface area contributed by atoms with Crippen LogP contribution < -0.4 is 10.1 Å². The van der Waals surface area contributed by atoms with Crippen LogP contribution in [0.4, 0.5) is 4.39 Å². The van der Waals surface area contributed by atoms with E-state index in [2.05, 4.69) is 11.4 Å². The van der Waals surface area contributed by atoms with Crippen LogP contribution in [0.1, 0.15) is 18.9 Å². The second kappa shape index (κ2) is 6.87. The summed E-state index contributed by atoms with van der Waals surface area (Å²) in [5.74, 6) is -0.0809. The molecule has 0 aliphatic heterocycles. The summed E-state index contributed by atoms with van der Waals surface area (Å²) in [5.41, 5.74) is 0.561. The Bertz CT molecular complexity index is 401. The lowest BCUT2D eigenvalue weighted by atomic mass is 10.2. The number of benzene rings is 1. The van der Waals surface area contributed by atoms with Crippen LogP contribution >= 0.6 is 0 Å². The first-order valence-electron chi connectivity index (χ1n) is 5.70. The summed E-state index contributed by atoms with van der Waals surface area (Å²) >= 11 is 0. The third-order valence-electron chi connectivity index (χ3n) is 2.43. The number of halogens is 1. The highest BCUT2D eigenvalue weighted by Crippen LogP contribution is 2.19. The van der Waals surface area contributed by atoms with Gasteiger partial charge in [-0.1, -0.05) is 19.1 Å². The molecule has 0 saturated heterocycles.